The first-order valence-electron chi connectivity index (χ1n) is 5.27. The third-order valence-electron chi connectivity index (χ3n) is 2.21. The van der Waals surface area contributed by atoms with Crippen LogP contribution in [0.5, 0.6) is 0 Å². The fourth-order valence-electron chi connectivity index (χ4n) is 1.53. The molecule has 0 fully saturated rings. The Hall–Kier alpha value is -0.0400. The summed E-state index contributed by atoms with van der Waals surface area (Å²) in [6.07, 6.45) is 6.86. The van der Waals surface area contributed by atoms with E-state index in [1.807, 2.05) is 0 Å². The van der Waals surface area contributed by atoms with Crippen molar-refractivity contribution in [1.29, 1.82) is 0 Å². The summed E-state index contributed by atoms with van der Waals surface area (Å²) in [7, 11) is 0. The maximum absolute atomic E-state index is 3.65. The summed E-state index contributed by atoms with van der Waals surface area (Å²) in [5.74, 6) is 0. The monoisotopic (exact) mass is 244 g/mol. The van der Waals surface area contributed by atoms with Crippen molar-refractivity contribution in [3.05, 3.63) is 21.7 Å². The highest BCUT2D eigenvalue weighted by Crippen LogP contribution is 2.27. The molecular weight excluding hydrogens is 224 g/mol. The van der Waals surface area contributed by atoms with Crippen molar-refractivity contribution in [2.75, 3.05) is 0 Å². The molecule has 0 aromatic rings. The Bertz CT molecular complexity index is 199. The molecule has 0 aliphatic heterocycles. The van der Waals surface area contributed by atoms with Gasteiger partial charge < -0.3 is 0 Å². The molecule has 13 heavy (non-hydrogen) atoms. The van der Waals surface area contributed by atoms with Gasteiger partial charge in [-0.05, 0) is 41.3 Å². The zero-order valence-electron chi connectivity index (χ0n) is 9.28. The summed E-state index contributed by atoms with van der Waals surface area (Å²) < 4.78 is 1.37. The van der Waals surface area contributed by atoms with Gasteiger partial charge in [0, 0.05) is 0 Å². The topological polar surface area (TPSA) is 0 Å². The second kappa shape index (κ2) is 7.37. The molecule has 0 aromatic heterocycles. The van der Waals surface area contributed by atoms with Crippen LogP contribution in [0, 0.1) is 0 Å². The zero-order chi connectivity index (χ0) is 10.3. The average Bonchev–Trinajstić information content (AvgIpc) is 2.17. The first-order chi connectivity index (χ1) is 6.21. The molecule has 0 saturated carbocycles. The van der Waals surface area contributed by atoms with Crippen LogP contribution in [-0.4, -0.2) is 0 Å². The van der Waals surface area contributed by atoms with Crippen molar-refractivity contribution < 1.29 is 0 Å². The van der Waals surface area contributed by atoms with E-state index in [1.165, 1.54) is 15.6 Å². The average molecular weight is 245 g/mol. The molecule has 0 N–H and O–H groups in total. The minimum Gasteiger partial charge on any atom is -0.0813 e. The van der Waals surface area contributed by atoms with Gasteiger partial charge in [0.15, 0.2) is 0 Å². The Morgan fingerprint density at radius 1 is 1.00 bits per heavy atom. The van der Waals surface area contributed by atoms with Crippen LogP contribution in [0.4, 0.5) is 0 Å². The van der Waals surface area contributed by atoms with E-state index in [0.29, 0.717) is 0 Å². The van der Waals surface area contributed by atoms with Crippen LogP contribution in [0.25, 0.3) is 0 Å². The summed E-state index contributed by atoms with van der Waals surface area (Å²) >= 11 is 3.65. The molecule has 0 bridgehead atoms. The molecule has 0 atom stereocenters. The molecule has 0 amide bonds. The quantitative estimate of drug-likeness (QED) is 0.584. The summed E-state index contributed by atoms with van der Waals surface area (Å²) in [6.45, 7) is 8.85. The molecule has 0 heterocycles. The summed E-state index contributed by atoms with van der Waals surface area (Å²) in [5, 5.41) is 0. The van der Waals surface area contributed by atoms with Gasteiger partial charge in [0.2, 0.25) is 0 Å². The third-order valence-corrected chi connectivity index (χ3v) is 3.25. The molecule has 76 valence electrons. The molecule has 0 saturated heterocycles. The summed E-state index contributed by atoms with van der Waals surface area (Å²) in [4.78, 5) is 0. The van der Waals surface area contributed by atoms with Crippen molar-refractivity contribution in [2.45, 2.75) is 53.4 Å². The van der Waals surface area contributed by atoms with E-state index in [0.717, 1.165) is 25.7 Å². The molecule has 0 spiro atoms. The minimum atomic E-state index is 1.10. The molecule has 0 unspecified atom stereocenters. The number of allylic oxidation sites excluding steroid dienone is 4. The maximum atomic E-state index is 3.65. The second-order valence-electron chi connectivity index (χ2n) is 3.08. The van der Waals surface area contributed by atoms with E-state index >= 15 is 0 Å². The Balaban J connectivity index is 4.83. The highest BCUT2D eigenvalue weighted by atomic mass is 79.9. The summed E-state index contributed by atoms with van der Waals surface area (Å²) in [6, 6.07) is 0. The highest BCUT2D eigenvalue weighted by molar-refractivity contribution is 9.11. The van der Waals surface area contributed by atoms with Crippen molar-refractivity contribution in [1.82, 2.24) is 0 Å². The van der Waals surface area contributed by atoms with Gasteiger partial charge in [0.1, 0.15) is 0 Å². The van der Waals surface area contributed by atoms with E-state index < -0.39 is 0 Å². The van der Waals surface area contributed by atoms with Gasteiger partial charge in [-0.2, -0.15) is 0 Å². The van der Waals surface area contributed by atoms with Gasteiger partial charge in [0.25, 0.3) is 0 Å². The first kappa shape index (κ1) is 13.0. The Morgan fingerprint density at radius 2 is 1.62 bits per heavy atom. The Kier molecular flexibility index (Phi) is 7.35. The fourth-order valence-corrected chi connectivity index (χ4v) is 2.07. The molecule has 0 aromatic carbocycles. The lowest BCUT2D eigenvalue weighted by Crippen LogP contribution is -1.90. The van der Waals surface area contributed by atoms with Gasteiger partial charge in [-0.3, -0.25) is 0 Å². The Morgan fingerprint density at radius 3 is 1.92 bits per heavy atom. The van der Waals surface area contributed by atoms with Crippen molar-refractivity contribution in [3.8, 4) is 0 Å². The third kappa shape index (κ3) is 4.12. The van der Waals surface area contributed by atoms with Gasteiger partial charge >= 0.3 is 0 Å². The molecule has 1 heteroatoms. The van der Waals surface area contributed by atoms with Crippen LogP contribution >= 0.6 is 15.9 Å². The van der Waals surface area contributed by atoms with Crippen LogP contribution in [0.15, 0.2) is 21.7 Å². The second-order valence-corrected chi connectivity index (χ2v) is 4.04. The summed E-state index contributed by atoms with van der Waals surface area (Å²) in [5.41, 5.74) is 3.02. The first-order valence-corrected chi connectivity index (χ1v) is 6.07. The molecular formula is C12H21Br. The minimum absolute atomic E-state index is 1.10. The molecule has 0 rings (SSSR count). The lowest BCUT2D eigenvalue weighted by atomic mass is 9.99. The lowest BCUT2D eigenvalue weighted by molar-refractivity contribution is 0.980. The fraction of sp³-hybridized carbons (Fsp3) is 0.667. The molecule has 0 aliphatic rings. The van der Waals surface area contributed by atoms with Gasteiger partial charge in [-0.25, -0.2) is 0 Å². The van der Waals surface area contributed by atoms with Crippen LogP contribution in [-0.2, 0) is 0 Å². The highest BCUT2D eigenvalue weighted by Gasteiger charge is 2.04. The Labute approximate surface area is 91.2 Å². The molecule has 0 nitrogen and oxygen atoms in total. The van der Waals surface area contributed by atoms with Crippen LogP contribution in [0.1, 0.15) is 53.4 Å². The van der Waals surface area contributed by atoms with Gasteiger partial charge in [0.05, 0.1) is 0 Å². The number of hydrogen-bond acceptors (Lipinski definition) is 0. The van der Waals surface area contributed by atoms with Crippen molar-refractivity contribution in [3.63, 3.8) is 0 Å². The lowest BCUT2D eigenvalue weighted by Gasteiger charge is -2.11. The number of rotatable bonds is 5. The van der Waals surface area contributed by atoms with Crippen LogP contribution < -0.4 is 0 Å². The molecule has 0 aliphatic carbocycles. The predicted molar refractivity (Wildman–Crippen MR) is 65.2 cm³/mol. The van der Waals surface area contributed by atoms with Crippen LogP contribution in [0.2, 0.25) is 0 Å². The SMILES string of the molecule is CC/C=C(CC)/C(CC)=C(\Br)CC. The predicted octanol–water partition coefficient (Wildman–Crippen LogP) is 5.20. The normalized spacial score (nSPS) is 14.4. The molecule has 0 radical (unpaired) electrons. The van der Waals surface area contributed by atoms with E-state index in [2.05, 4.69) is 49.7 Å². The van der Waals surface area contributed by atoms with E-state index in [9.17, 15) is 0 Å². The van der Waals surface area contributed by atoms with Crippen molar-refractivity contribution in [2.24, 2.45) is 0 Å². The maximum Gasteiger partial charge on any atom is -0.00176 e. The van der Waals surface area contributed by atoms with Crippen LogP contribution in [0.3, 0.4) is 0 Å². The smallest absolute Gasteiger partial charge is 0.00176 e. The zero-order valence-corrected chi connectivity index (χ0v) is 10.9. The number of halogens is 1. The van der Waals surface area contributed by atoms with Crippen molar-refractivity contribution >= 4 is 15.9 Å². The standard InChI is InChI=1S/C12H21Br/c1-5-9-10(6-2)11(7-3)12(13)8-4/h9H,5-8H2,1-4H3/b10-9+,12-11-. The van der Waals surface area contributed by atoms with Gasteiger partial charge in [-0.15, -0.1) is 0 Å². The van der Waals surface area contributed by atoms with E-state index in [1.54, 1.807) is 0 Å². The van der Waals surface area contributed by atoms with Gasteiger partial charge in [-0.1, -0.05) is 49.7 Å². The van der Waals surface area contributed by atoms with E-state index in [-0.39, 0.29) is 0 Å². The van der Waals surface area contributed by atoms with E-state index in [4.69, 9.17) is 0 Å². The largest absolute Gasteiger partial charge is 0.0813 e. The number of hydrogen-bond donors (Lipinski definition) is 0.